The van der Waals surface area contributed by atoms with Gasteiger partial charge in [-0.15, -0.1) is 10.2 Å². The predicted octanol–water partition coefficient (Wildman–Crippen LogP) is 3.73. The number of hydrogen-bond donors (Lipinski definition) is 3. The first-order chi connectivity index (χ1) is 28.8. The van der Waals surface area contributed by atoms with Crippen LogP contribution in [0.4, 0.5) is 35.2 Å². The van der Waals surface area contributed by atoms with Gasteiger partial charge in [0, 0.05) is 94.2 Å². The Balaban J connectivity index is 0.803. The first-order valence-corrected chi connectivity index (χ1v) is 20.8. The summed E-state index contributed by atoms with van der Waals surface area (Å²) >= 11 is 0. The molecule has 4 saturated heterocycles. The Morgan fingerprint density at radius 3 is 2.47 bits per heavy atom. The molecule has 0 unspecified atom stereocenters. The van der Waals surface area contributed by atoms with E-state index in [2.05, 4.69) is 30.6 Å². The molecule has 3 N–H and O–H groups in total. The summed E-state index contributed by atoms with van der Waals surface area (Å²) in [5.41, 5.74) is 1.28. The summed E-state index contributed by atoms with van der Waals surface area (Å²) < 4.78 is 44.7. The predicted molar refractivity (Wildman–Crippen MR) is 215 cm³/mol. The van der Waals surface area contributed by atoms with E-state index < -0.39 is 35.5 Å². The topological polar surface area (TPSA) is 158 Å². The van der Waals surface area contributed by atoms with Crippen molar-refractivity contribution in [3.05, 3.63) is 59.4 Å². The van der Waals surface area contributed by atoms with Crippen LogP contribution < -0.4 is 20.4 Å². The average molecular weight is 831 g/mol. The van der Waals surface area contributed by atoms with Gasteiger partial charge in [-0.25, -0.2) is 18.0 Å². The number of imide groups is 1. The number of rotatable bonds is 6. The summed E-state index contributed by atoms with van der Waals surface area (Å²) in [6, 6.07) is 10.4. The van der Waals surface area contributed by atoms with Crippen molar-refractivity contribution in [2.24, 2.45) is 5.92 Å². The number of halogens is 3. The molecule has 18 heteroatoms. The highest BCUT2D eigenvalue weighted by molar-refractivity contribution is 6.05. The van der Waals surface area contributed by atoms with Crippen molar-refractivity contribution in [1.82, 2.24) is 35.1 Å². The summed E-state index contributed by atoms with van der Waals surface area (Å²) in [6.45, 7) is 8.51. The van der Waals surface area contributed by atoms with Crippen LogP contribution in [-0.4, -0.2) is 148 Å². The highest BCUT2D eigenvalue weighted by Gasteiger charge is 2.54. The number of amides is 5. The fraction of sp³-hybridized carbons (Fsp3) is 0.524. The Morgan fingerprint density at radius 2 is 1.73 bits per heavy atom. The van der Waals surface area contributed by atoms with Gasteiger partial charge in [0.1, 0.15) is 11.6 Å². The number of likely N-dealkylation sites (tertiary alicyclic amines) is 1. The second kappa shape index (κ2) is 15.4. The number of alkyl halides is 2. The van der Waals surface area contributed by atoms with E-state index >= 15 is 8.78 Å². The van der Waals surface area contributed by atoms with Crippen LogP contribution in [0.1, 0.15) is 55.5 Å². The van der Waals surface area contributed by atoms with Crippen molar-refractivity contribution >= 4 is 40.9 Å². The largest absolute Gasteiger partial charge is 0.504 e. The van der Waals surface area contributed by atoms with E-state index in [1.165, 1.54) is 18.2 Å². The molecule has 7 heterocycles. The van der Waals surface area contributed by atoms with Crippen LogP contribution in [-0.2, 0) is 16.1 Å². The van der Waals surface area contributed by atoms with Crippen LogP contribution in [0.25, 0.3) is 11.3 Å². The third-order valence-corrected chi connectivity index (χ3v) is 13.4. The van der Waals surface area contributed by atoms with Crippen molar-refractivity contribution in [3.8, 4) is 17.0 Å². The number of phenolic OH excluding ortho intramolecular Hbond substituents is 1. The number of urea groups is 1. The number of phenols is 1. The van der Waals surface area contributed by atoms with Gasteiger partial charge >= 0.3 is 6.03 Å². The third-order valence-electron chi connectivity index (χ3n) is 13.4. The maximum Gasteiger partial charge on any atom is 0.320 e. The third kappa shape index (κ3) is 6.91. The van der Waals surface area contributed by atoms with Crippen LogP contribution in [0.5, 0.6) is 5.75 Å². The van der Waals surface area contributed by atoms with E-state index in [0.29, 0.717) is 36.0 Å². The number of carbonyl (C=O) groups excluding carboxylic acids is 4. The number of aromatic hydroxyl groups is 1. The number of fused-ring (bicyclic) bond motifs is 4. The lowest BCUT2D eigenvalue weighted by molar-refractivity contribution is -0.136. The van der Waals surface area contributed by atoms with Gasteiger partial charge < -0.3 is 34.9 Å². The fourth-order valence-electron chi connectivity index (χ4n) is 10.4. The molecular weight excluding hydrogens is 782 g/mol. The fourth-order valence-corrected chi connectivity index (χ4v) is 10.4. The van der Waals surface area contributed by atoms with Crippen molar-refractivity contribution in [3.63, 3.8) is 0 Å². The molecule has 3 aromatic rings. The van der Waals surface area contributed by atoms with Gasteiger partial charge in [-0.3, -0.25) is 24.6 Å². The first-order valence-electron chi connectivity index (χ1n) is 20.8. The van der Waals surface area contributed by atoms with Gasteiger partial charge in [0.15, 0.2) is 17.4 Å². The number of carbonyl (C=O) groups is 4. The van der Waals surface area contributed by atoms with Crippen molar-refractivity contribution < 1.29 is 37.5 Å². The molecule has 4 fully saturated rings. The molecule has 0 aliphatic carbocycles. The van der Waals surface area contributed by atoms with Crippen LogP contribution in [0.3, 0.4) is 0 Å². The van der Waals surface area contributed by atoms with E-state index in [1.807, 2.05) is 36.9 Å². The Labute approximate surface area is 345 Å². The lowest BCUT2D eigenvalue weighted by Gasteiger charge is -2.55. The molecular formula is C42H49F3N10O5. The zero-order valence-electron chi connectivity index (χ0n) is 33.6. The molecule has 0 spiro atoms. The minimum absolute atomic E-state index is 0.0949. The SMILES string of the molecule is C[C@@H]1C[C@H](CN2CCN(c3ccc4c(c3)C(=O)N([C@H]3CCC(=O)NC3=O)C4)CC2)C[C@H](C)N1C(=O)N1CCN2c3cc(-c4cccc(F)c4O)nnc3NC[C@@]2(C(F)F)C1. The quantitative estimate of drug-likeness (QED) is 0.311. The van der Waals surface area contributed by atoms with Crippen LogP contribution in [0, 0.1) is 11.7 Å². The second-order valence-corrected chi connectivity index (χ2v) is 17.2. The molecule has 5 amide bonds. The first kappa shape index (κ1) is 39.8. The van der Waals surface area contributed by atoms with Gasteiger partial charge in [-0.2, -0.15) is 0 Å². The summed E-state index contributed by atoms with van der Waals surface area (Å²) in [4.78, 5) is 63.1. The summed E-state index contributed by atoms with van der Waals surface area (Å²) in [7, 11) is 0. The molecule has 6 aliphatic rings. The Morgan fingerprint density at radius 1 is 0.967 bits per heavy atom. The van der Waals surface area contributed by atoms with Crippen LogP contribution >= 0.6 is 0 Å². The molecule has 318 valence electrons. The smallest absolute Gasteiger partial charge is 0.320 e. The molecule has 60 heavy (non-hydrogen) atoms. The molecule has 0 bridgehead atoms. The number of piperidine rings is 2. The standard InChI is InChI=1S/C42H49F3N10O5/c1-24-16-26(20-50-10-12-51(13-11-50)28-7-6-27-21-53(39(59)30(27)18-28)33-8-9-35(56)47-38(33)58)17-25(2)55(24)41(60)52-14-15-54-34-19-32(29-4-3-5-31(43)36(29)57)48-49-37(34)46-22-42(54,23-52)40(44)45/h3-7,18-19,24-26,33,40,57H,8-17,20-23H2,1-2H3,(H,46,49)(H,47,56,58)/t24-,25+,26+,33-,42-/m0/s1. The summed E-state index contributed by atoms with van der Waals surface area (Å²) in [5.74, 6) is -1.70. The Kier molecular flexibility index (Phi) is 10.2. The number of aromatic nitrogens is 2. The van der Waals surface area contributed by atoms with E-state index in [1.54, 1.807) is 14.7 Å². The molecule has 0 saturated carbocycles. The Bertz CT molecular complexity index is 2210. The minimum Gasteiger partial charge on any atom is -0.504 e. The molecule has 1 aromatic heterocycles. The molecule has 0 radical (unpaired) electrons. The number of hydrogen-bond acceptors (Lipinski definition) is 11. The summed E-state index contributed by atoms with van der Waals surface area (Å²) in [6.07, 6.45) is -0.708. The minimum atomic E-state index is -2.82. The van der Waals surface area contributed by atoms with Gasteiger partial charge in [0.2, 0.25) is 11.8 Å². The maximum atomic E-state index is 15.3. The molecule has 5 atom stereocenters. The van der Waals surface area contributed by atoms with E-state index in [-0.39, 0.29) is 73.8 Å². The molecule has 6 aliphatic heterocycles. The lowest BCUT2D eigenvalue weighted by atomic mass is 9.86. The van der Waals surface area contributed by atoms with Crippen molar-refractivity contribution in [2.75, 3.05) is 74.0 Å². The number of benzene rings is 2. The van der Waals surface area contributed by atoms with Gasteiger partial charge in [-0.05, 0) is 74.9 Å². The number of nitrogens with zero attached hydrogens (tertiary/aromatic N) is 8. The van der Waals surface area contributed by atoms with Crippen molar-refractivity contribution in [2.45, 2.75) is 76.2 Å². The number of nitrogens with one attached hydrogen (secondary N) is 2. The highest BCUT2D eigenvalue weighted by Crippen LogP contribution is 2.43. The number of anilines is 3. The second-order valence-electron chi connectivity index (χ2n) is 17.2. The number of piperazine rings is 2. The van der Waals surface area contributed by atoms with Gasteiger partial charge in [0.25, 0.3) is 12.3 Å². The van der Waals surface area contributed by atoms with E-state index in [9.17, 15) is 28.7 Å². The van der Waals surface area contributed by atoms with Gasteiger partial charge in [0.05, 0.1) is 17.9 Å². The maximum absolute atomic E-state index is 15.3. The monoisotopic (exact) mass is 830 g/mol. The van der Waals surface area contributed by atoms with Crippen LogP contribution in [0.2, 0.25) is 0 Å². The van der Waals surface area contributed by atoms with Crippen LogP contribution in [0.15, 0.2) is 42.5 Å². The van der Waals surface area contributed by atoms with E-state index in [4.69, 9.17) is 0 Å². The average Bonchev–Trinajstić information content (AvgIpc) is 3.56. The Hall–Kier alpha value is -5.65. The lowest BCUT2D eigenvalue weighted by Crippen LogP contribution is -2.72. The van der Waals surface area contributed by atoms with E-state index in [0.717, 1.165) is 62.9 Å². The van der Waals surface area contributed by atoms with Gasteiger partial charge in [-0.1, -0.05) is 12.1 Å². The molecule has 2 aromatic carbocycles. The zero-order valence-corrected chi connectivity index (χ0v) is 33.6. The highest BCUT2D eigenvalue weighted by atomic mass is 19.3. The zero-order chi connectivity index (χ0) is 42.0. The summed E-state index contributed by atoms with van der Waals surface area (Å²) in [5, 5.41) is 24.0. The number of para-hydroxylation sites is 1. The molecule has 15 nitrogen and oxygen atoms in total. The molecule has 9 rings (SSSR count). The normalized spacial score (nSPS) is 27.1. The van der Waals surface area contributed by atoms with Crippen molar-refractivity contribution in [1.29, 1.82) is 0 Å².